The van der Waals surface area contributed by atoms with Crippen LogP contribution in [0, 0.1) is 39.2 Å². The van der Waals surface area contributed by atoms with Gasteiger partial charge < -0.3 is 9.94 Å². The SMILES string of the molecule is C[C@@]12CCC[C@H]1[C@@H]1CCC3CCCC[C@@H]3C1(O)C(O[N+](=O)[O-])C2. The van der Waals surface area contributed by atoms with Crippen molar-refractivity contribution in [1.82, 2.24) is 0 Å². The Labute approximate surface area is 137 Å². The van der Waals surface area contributed by atoms with Crippen molar-refractivity contribution in [2.24, 2.45) is 29.1 Å². The highest BCUT2D eigenvalue weighted by atomic mass is 17.0. The number of aliphatic hydroxyl groups is 1. The minimum Gasteiger partial charge on any atom is -0.387 e. The molecule has 7 atom stereocenters. The lowest BCUT2D eigenvalue weighted by Gasteiger charge is -2.61. The summed E-state index contributed by atoms with van der Waals surface area (Å²) in [5.41, 5.74) is -0.871. The first-order chi connectivity index (χ1) is 10.9. The maximum absolute atomic E-state index is 11.8. The van der Waals surface area contributed by atoms with Gasteiger partial charge in [-0.15, -0.1) is 10.1 Å². The van der Waals surface area contributed by atoms with Gasteiger partial charge in [-0.3, -0.25) is 0 Å². The molecule has 0 spiro atoms. The quantitative estimate of drug-likeness (QED) is 0.621. The number of hydrogen-bond acceptors (Lipinski definition) is 4. The van der Waals surface area contributed by atoms with Crippen LogP contribution >= 0.6 is 0 Å². The van der Waals surface area contributed by atoms with Gasteiger partial charge in [-0.05, 0) is 67.6 Å². The molecule has 0 aromatic rings. The van der Waals surface area contributed by atoms with Crippen LogP contribution in [-0.4, -0.2) is 21.9 Å². The average molecular weight is 323 g/mol. The van der Waals surface area contributed by atoms with Crippen LogP contribution in [0.2, 0.25) is 0 Å². The first-order valence-corrected chi connectivity index (χ1v) is 9.48. The Hall–Kier alpha value is -0.840. The van der Waals surface area contributed by atoms with Crippen molar-refractivity contribution in [3.63, 3.8) is 0 Å². The van der Waals surface area contributed by atoms with Crippen LogP contribution in [0.3, 0.4) is 0 Å². The normalized spacial score (nSPS) is 52.2. The van der Waals surface area contributed by atoms with Gasteiger partial charge in [-0.25, -0.2) is 0 Å². The zero-order chi connectivity index (χ0) is 16.2. The monoisotopic (exact) mass is 323 g/mol. The minimum atomic E-state index is -0.981. The smallest absolute Gasteiger partial charge is 0.294 e. The third kappa shape index (κ3) is 2.22. The van der Waals surface area contributed by atoms with Crippen LogP contribution in [0.1, 0.15) is 71.1 Å². The summed E-state index contributed by atoms with van der Waals surface area (Å²) in [4.78, 5) is 16.3. The molecule has 0 aromatic carbocycles. The molecular weight excluding hydrogens is 294 g/mol. The van der Waals surface area contributed by atoms with E-state index in [9.17, 15) is 15.2 Å². The van der Waals surface area contributed by atoms with Crippen molar-refractivity contribution in [3.8, 4) is 0 Å². The molecule has 0 aliphatic heterocycles. The lowest BCUT2D eigenvalue weighted by molar-refractivity contribution is -0.775. The topological polar surface area (TPSA) is 72.6 Å². The van der Waals surface area contributed by atoms with Gasteiger partial charge in [0, 0.05) is 0 Å². The Balaban J connectivity index is 1.73. The van der Waals surface area contributed by atoms with Crippen LogP contribution in [0.5, 0.6) is 0 Å². The van der Waals surface area contributed by atoms with Crippen LogP contribution in [0.25, 0.3) is 0 Å². The molecule has 4 aliphatic rings. The standard InChI is InChI=1S/C18H29NO4/c1-17-10-4-7-14(17)15-9-8-12-5-2-3-6-13(12)18(15,20)16(11-17)23-19(21)22/h12-16,20H,2-11H2,1H3/t12?,13-,14-,15-,16?,17-,18?/m0/s1. The van der Waals surface area contributed by atoms with E-state index in [2.05, 4.69) is 6.92 Å². The first-order valence-electron chi connectivity index (χ1n) is 9.48. The molecular formula is C18H29NO4. The van der Waals surface area contributed by atoms with E-state index in [1.54, 1.807) is 0 Å². The molecule has 5 heteroatoms. The number of fused-ring (bicyclic) bond motifs is 5. The molecule has 0 aromatic heterocycles. The summed E-state index contributed by atoms with van der Waals surface area (Å²) in [5, 5.41) is 22.3. The maximum Gasteiger partial charge on any atom is 0.294 e. The molecule has 4 fully saturated rings. The van der Waals surface area contributed by atoms with Gasteiger partial charge in [0.05, 0.1) is 5.60 Å². The summed E-state index contributed by atoms with van der Waals surface area (Å²) < 4.78 is 0. The maximum atomic E-state index is 11.8. The molecule has 0 saturated heterocycles. The second kappa shape index (κ2) is 5.33. The molecule has 130 valence electrons. The second-order valence-electron chi connectivity index (χ2n) is 8.90. The molecule has 1 N–H and O–H groups in total. The predicted octanol–water partition coefficient (Wildman–Crippen LogP) is 3.72. The molecule has 3 unspecified atom stereocenters. The fraction of sp³-hybridized carbons (Fsp3) is 1.00. The molecule has 4 rings (SSSR count). The average Bonchev–Trinajstić information content (AvgIpc) is 2.88. The molecule has 0 amide bonds. The highest BCUT2D eigenvalue weighted by Gasteiger charge is 2.65. The Morgan fingerprint density at radius 2 is 1.78 bits per heavy atom. The van der Waals surface area contributed by atoms with Crippen LogP contribution < -0.4 is 0 Å². The largest absolute Gasteiger partial charge is 0.387 e. The summed E-state index contributed by atoms with van der Waals surface area (Å²) >= 11 is 0. The summed E-state index contributed by atoms with van der Waals surface area (Å²) in [6.45, 7) is 2.27. The van der Waals surface area contributed by atoms with E-state index >= 15 is 0 Å². The number of nitrogens with zero attached hydrogens (tertiary/aromatic N) is 1. The summed E-state index contributed by atoms with van der Waals surface area (Å²) in [6, 6.07) is 0. The van der Waals surface area contributed by atoms with Crippen molar-refractivity contribution in [3.05, 3.63) is 10.1 Å². The van der Waals surface area contributed by atoms with E-state index in [-0.39, 0.29) is 17.3 Å². The Morgan fingerprint density at radius 1 is 1.04 bits per heavy atom. The van der Waals surface area contributed by atoms with Crippen LogP contribution in [0.15, 0.2) is 0 Å². The van der Waals surface area contributed by atoms with Crippen molar-refractivity contribution in [1.29, 1.82) is 0 Å². The zero-order valence-corrected chi connectivity index (χ0v) is 14.1. The van der Waals surface area contributed by atoms with Gasteiger partial charge in [0.2, 0.25) is 0 Å². The van der Waals surface area contributed by atoms with Crippen molar-refractivity contribution < 1.29 is 15.0 Å². The molecule has 4 aliphatic carbocycles. The van der Waals surface area contributed by atoms with E-state index < -0.39 is 16.8 Å². The molecule has 0 heterocycles. The van der Waals surface area contributed by atoms with Gasteiger partial charge in [0.25, 0.3) is 5.09 Å². The van der Waals surface area contributed by atoms with Gasteiger partial charge in [0.15, 0.2) is 0 Å². The van der Waals surface area contributed by atoms with Gasteiger partial charge in [-0.2, -0.15) is 0 Å². The van der Waals surface area contributed by atoms with E-state index in [0.29, 0.717) is 18.3 Å². The van der Waals surface area contributed by atoms with Gasteiger partial charge in [-0.1, -0.05) is 32.6 Å². The highest BCUT2D eigenvalue weighted by molar-refractivity contribution is 5.14. The lowest BCUT2D eigenvalue weighted by Crippen LogP contribution is -2.67. The molecule has 0 radical (unpaired) electrons. The Kier molecular flexibility index (Phi) is 3.63. The van der Waals surface area contributed by atoms with E-state index in [0.717, 1.165) is 25.7 Å². The Morgan fingerprint density at radius 3 is 2.57 bits per heavy atom. The van der Waals surface area contributed by atoms with Gasteiger partial charge >= 0.3 is 0 Å². The first kappa shape index (κ1) is 15.7. The van der Waals surface area contributed by atoms with Crippen molar-refractivity contribution in [2.75, 3.05) is 0 Å². The van der Waals surface area contributed by atoms with Crippen molar-refractivity contribution in [2.45, 2.75) is 82.8 Å². The molecule has 5 nitrogen and oxygen atoms in total. The van der Waals surface area contributed by atoms with Crippen LogP contribution in [-0.2, 0) is 4.84 Å². The third-order valence-corrected chi connectivity index (χ3v) is 7.97. The summed E-state index contributed by atoms with van der Waals surface area (Å²) in [5.74, 6) is 1.44. The van der Waals surface area contributed by atoms with Crippen LogP contribution in [0.4, 0.5) is 0 Å². The number of hydrogen-bond donors (Lipinski definition) is 1. The third-order valence-electron chi connectivity index (χ3n) is 7.97. The lowest BCUT2D eigenvalue weighted by atomic mass is 9.47. The second-order valence-corrected chi connectivity index (χ2v) is 8.90. The summed E-state index contributed by atoms with van der Waals surface area (Å²) in [6.07, 6.45) is 10.3. The minimum absolute atomic E-state index is 0.110. The fourth-order valence-electron chi connectivity index (χ4n) is 7.08. The van der Waals surface area contributed by atoms with Crippen molar-refractivity contribution >= 4 is 0 Å². The predicted molar refractivity (Wildman–Crippen MR) is 85.1 cm³/mol. The zero-order valence-electron chi connectivity index (χ0n) is 14.1. The fourth-order valence-corrected chi connectivity index (χ4v) is 7.08. The Bertz CT molecular complexity index is 497. The molecule has 4 saturated carbocycles. The molecule has 0 bridgehead atoms. The van der Waals surface area contributed by atoms with E-state index in [1.165, 1.54) is 32.1 Å². The summed E-state index contributed by atoms with van der Waals surface area (Å²) in [7, 11) is 0. The van der Waals surface area contributed by atoms with E-state index in [1.807, 2.05) is 0 Å². The highest BCUT2D eigenvalue weighted by Crippen LogP contribution is 2.64. The molecule has 23 heavy (non-hydrogen) atoms. The van der Waals surface area contributed by atoms with Gasteiger partial charge in [0.1, 0.15) is 6.10 Å². The number of rotatable bonds is 2. The van der Waals surface area contributed by atoms with E-state index in [4.69, 9.17) is 4.84 Å².